The zero-order valence-electron chi connectivity index (χ0n) is 15.5. The van der Waals surface area contributed by atoms with Gasteiger partial charge in [-0.3, -0.25) is 4.31 Å². The Morgan fingerprint density at radius 3 is 1.85 bits per heavy atom. The fraction of sp³-hybridized carbons (Fsp3) is 0.190. The number of sulfonamides is 1. The molecule has 0 fully saturated rings. The van der Waals surface area contributed by atoms with E-state index in [2.05, 4.69) is 4.98 Å². The maximum atomic E-state index is 13.1. The van der Waals surface area contributed by atoms with Crippen molar-refractivity contribution < 1.29 is 8.42 Å². The fourth-order valence-electron chi connectivity index (χ4n) is 2.98. The van der Waals surface area contributed by atoms with Crippen LogP contribution in [-0.4, -0.2) is 26.5 Å². The van der Waals surface area contributed by atoms with E-state index in [0.29, 0.717) is 18.1 Å². The molecule has 0 saturated heterocycles. The van der Waals surface area contributed by atoms with Crippen molar-refractivity contribution in [3.8, 4) is 0 Å². The number of hydrogen-bond acceptors (Lipinski definition) is 4. The normalized spacial score (nSPS) is 11.2. The monoisotopic (exact) mass is 381 g/mol. The largest absolute Gasteiger partial charge is 0.327 e. The highest BCUT2D eigenvalue weighted by Crippen LogP contribution is 2.26. The summed E-state index contributed by atoms with van der Waals surface area (Å²) in [6, 6.07) is 22.4. The Kier molecular flexibility index (Phi) is 5.76. The van der Waals surface area contributed by atoms with Gasteiger partial charge in [0.25, 0.3) is 10.0 Å². The molecule has 0 unspecified atom stereocenters. The first-order chi connectivity index (χ1) is 13.1. The lowest BCUT2D eigenvalue weighted by Gasteiger charge is -2.24. The highest BCUT2D eigenvalue weighted by Gasteiger charge is 2.24. The van der Waals surface area contributed by atoms with Gasteiger partial charge in [0.15, 0.2) is 0 Å². The van der Waals surface area contributed by atoms with E-state index < -0.39 is 10.0 Å². The van der Waals surface area contributed by atoms with E-state index in [9.17, 15) is 8.42 Å². The smallest absolute Gasteiger partial charge is 0.265 e. The maximum absolute atomic E-state index is 13.1. The Hall–Kier alpha value is -2.86. The highest BCUT2D eigenvalue weighted by molar-refractivity contribution is 7.92. The molecule has 0 aliphatic heterocycles. The molecule has 0 bridgehead atoms. The molecule has 0 aliphatic carbocycles. The van der Waals surface area contributed by atoms with Gasteiger partial charge in [0.1, 0.15) is 10.7 Å². The van der Waals surface area contributed by atoms with Gasteiger partial charge in [-0.15, -0.1) is 0 Å². The Balaban J connectivity index is 1.92. The number of benzene rings is 2. The van der Waals surface area contributed by atoms with Crippen LogP contribution >= 0.6 is 0 Å². The quantitative estimate of drug-likeness (QED) is 0.606. The molecule has 0 radical (unpaired) electrons. The van der Waals surface area contributed by atoms with Crippen LogP contribution in [0.5, 0.6) is 0 Å². The average molecular weight is 382 g/mol. The second-order valence-corrected chi connectivity index (χ2v) is 7.80. The zero-order chi connectivity index (χ0) is 19.3. The SMILES string of the molecule is CCN(c1ccccc1)c1ccc(S(=O)(=O)N(CC)c2ccccc2)cn1. The minimum absolute atomic E-state index is 0.182. The van der Waals surface area contributed by atoms with Crippen LogP contribution < -0.4 is 9.21 Å². The van der Waals surface area contributed by atoms with Gasteiger partial charge in [-0.25, -0.2) is 13.4 Å². The van der Waals surface area contributed by atoms with E-state index in [-0.39, 0.29) is 4.90 Å². The Morgan fingerprint density at radius 2 is 1.37 bits per heavy atom. The highest BCUT2D eigenvalue weighted by atomic mass is 32.2. The topological polar surface area (TPSA) is 53.5 Å². The summed E-state index contributed by atoms with van der Waals surface area (Å²) in [5, 5.41) is 0. The van der Waals surface area contributed by atoms with Crippen molar-refractivity contribution in [1.29, 1.82) is 0 Å². The van der Waals surface area contributed by atoms with Gasteiger partial charge in [0, 0.05) is 25.0 Å². The van der Waals surface area contributed by atoms with Gasteiger partial charge in [-0.2, -0.15) is 0 Å². The predicted molar refractivity (Wildman–Crippen MR) is 110 cm³/mol. The Labute approximate surface area is 161 Å². The van der Waals surface area contributed by atoms with Gasteiger partial charge in [0.05, 0.1) is 5.69 Å². The first-order valence-corrected chi connectivity index (χ1v) is 10.4. The lowest BCUT2D eigenvalue weighted by molar-refractivity contribution is 0.591. The molecule has 140 valence electrons. The second-order valence-electron chi connectivity index (χ2n) is 5.94. The Bertz CT molecular complexity index is 959. The lowest BCUT2D eigenvalue weighted by atomic mass is 10.3. The van der Waals surface area contributed by atoms with Crippen LogP contribution in [0.4, 0.5) is 17.2 Å². The number of pyridine rings is 1. The minimum atomic E-state index is -3.67. The average Bonchev–Trinajstić information content (AvgIpc) is 2.71. The number of hydrogen-bond donors (Lipinski definition) is 0. The first-order valence-electron chi connectivity index (χ1n) is 8.94. The van der Waals surface area contributed by atoms with Crippen LogP contribution in [0.2, 0.25) is 0 Å². The van der Waals surface area contributed by atoms with E-state index in [0.717, 1.165) is 12.2 Å². The van der Waals surface area contributed by atoms with Crippen molar-refractivity contribution in [1.82, 2.24) is 4.98 Å². The summed E-state index contributed by atoms with van der Waals surface area (Å²) in [6.07, 6.45) is 1.43. The van der Waals surface area contributed by atoms with Crippen LogP contribution in [0.3, 0.4) is 0 Å². The molecular weight excluding hydrogens is 358 g/mol. The van der Waals surface area contributed by atoms with Crippen LogP contribution in [0.1, 0.15) is 13.8 Å². The number of anilines is 3. The molecule has 0 N–H and O–H groups in total. The molecule has 0 aliphatic rings. The maximum Gasteiger partial charge on any atom is 0.265 e. The molecule has 0 amide bonds. The van der Waals surface area contributed by atoms with E-state index in [1.165, 1.54) is 10.5 Å². The molecule has 5 nitrogen and oxygen atoms in total. The third-order valence-corrected chi connectivity index (χ3v) is 6.19. The summed E-state index contributed by atoms with van der Waals surface area (Å²) < 4.78 is 27.5. The summed E-state index contributed by atoms with van der Waals surface area (Å²) in [5.74, 6) is 0.713. The Morgan fingerprint density at radius 1 is 0.778 bits per heavy atom. The summed E-state index contributed by atoms with van der Waals surface area (Å²) in [7, 11) is -3.67. The summed E-state index contributed by atoms with van der Waals surface area (Å²) >= 11 is 0. The van der Waals surface area contributed by atoms with Crippen molar-refractivity contribution in [2.24, 2.45) is 0 Å². The molecule has 0 saturated carbocycles. The number of nitrogens with zero attached hydrogens (tertiary/aromatic N) is 3. The standard InChI is InChI=1S/C21H23N3O2S/c1-3-23(18-11-7-5-8-12-18)21-16-15-20(17-22-21)27(25,26)24(4-2)19-13-9-6-10-14-19/h5-17H,3-4H2,1-2H3. The van der Waals surface area contributed by atoms with Gasteiger partial charge in [0.2, 0.25) is 0 Å². The van der Waals surface area contributed by atoms with Crippen LogP contribution in [-0.2, 0) is 10.0 Å². The van der Waals surface area contributed by atoms with Crippen LogP contribution in [0.15, 0.2) is 83.9 Å². The molecule has 6 heteroatoms. The number of aromatic nitrogens is 1. The van der Waals surface area contributed by atoms with Crippen LogP contribution in [0, 0.1) is 0 Å². The van der Waals surface area contributed by atoms with Gasteiger partial charge >= 0.3 is 0 Å². The molecule has 0 spiro atoms. The third kappa shape index (κ3) is 3.95. The molecule has 2 aromatic carbocycles. The van der Waals surface area contributed by atoms with Crippen molar-refractivity contribution in [2.45, 2.75) is 18.7 Å². The lowest BCUT2D eigenvalue weighted by Crippen LogP contribution is -2.30. The summed E-state index contributed by atoms with van der Waals surface area (Å²) in [6.45, 7) is 4.93. The summed E-state index contributed by atoms with van der Waals surface area (Å²) in [5.41, 5.74) is 1.66. The molecule has 3 rings (SSSR count). The number of rotatable bonds is 7. The molecule has 27 heavy (non-hydrogen) atoms. The third-order valence-electron chi connectivity index (χ3n) is 4.30. The minimum Gasteiger partial charge on any atom is -0.327 e. The van der Waals surface area contributed by atoms with E-state index in [1.807, 2.05) is 67.3 Å². The van der Waals surface area contributed by atoms with Gasteiger partial charge in [-0.05, 0) is 50.2 Å². The first kappa shape index (κ1) is 18.9. The molecular formula is C21H23N3O2S. The molecule has 3 aromatic rings. The van der Waals surface area contributed by atoms with Crippen molar-refractivity contribution in [2.75, 3.05) is 22.3 Å². The molecule has 0 atom stereocenters. The van der Waals surface area contributed by atoms with Crippen molar-refractivity contribution in [3.05, 3.63) is 79.0 Å². The zero-order valence-corrected chi connectivity index (χ0v) is 16.3. The predicted octanol–water partition coefficient (Wildman–Crippen LogP) is 4.45. The van der Waals surface area contributed by atoms with Gasteiger partial charge in [-0.1, -0.05) is 36.4 Å². The fourth-order valence-corrected chi connectivity index (χ4v) is 4.40. The van der Waals surface area contributed by atoms with E-state index in [1.54, 1.807) is 24.3 Å². The van der Waals surface area contributed by atoms with Crippen LogP contribution in [0.25, 0.3) is 0 Å². The van der Waals surface area contributed by atoms with Crippen molar-refractivity contribution in [3.63, 3.8) is 0 Å². The summed E-state index contributed by atoms with van der Waals surface area (Å²) in [4.78, 5) is 6.64. The van der Waals surface area contributed by atoms with E-state index >= 15 is 0 Å². The number of para-hydroxylation sites is 2. The molecule has 1 heterocycles. The van der Waals surface area contributed by atoms with Crippen molar-refractivity contribution >= 4 is 27.2 Å². The second kappa shape index (κ2) is 8.22. The van der Waals surface area contributed by atoms with E-state index in [4.69, 9.17) is 0 Å². The molecule has 1 aromatic heterocycles. The van der Waals surface area contributed by atoms with Gasteiger partial charge < -0.3 is 4.90 Å².